The maximum Gasteiger partial charge on any atom is 0.308 e. The Morgan fingerprint density at radius 3 is 2.83 bits per heavy atom. The van der Waals surface area contributed by atoms with E-state index >= 15 is 0 Å². The highest BCUT2D eigenvalue weighted by molar-refractivity contribution is 8.26. The Labute approximate surface area is 217 Å². The van der Waals surface area contributed by atoms with Crippen LogP contribution in [-0.4, -0.2) is 68.2 Å². The highest BCUT2D eigenvalue weighted by Crippen LogP contribution is 2.35. The molecule has 0 aromatic carbocycles. The van der Waals surface area contributed by atoms with Crippen molar-refractivity contribution in [2.75, 3.05) is 24.6 Å². The number of anilines is 1. The summed E-state index contributed by atoms with van der Waals surface area (Å²) >= 11 is 6.57. The highest BCUT2D eigenvalue weighted by atomic mass is 32.2. The van der Waals surface area contributed by atoms with Crippen LogP contribution in [0.15, 0.2) is 34.1 Å². The van der Waals surface area contributed by atoms with E-state index in [4.69, 9.17) is 21.9 Å². The van der Waals surface area contributed by atoms with Gasteiger partial charge in [-0.2, -0.15) is 0 Å². The van der Waals surface area contributed by atoms with Crippen LogP contribution in [-0.2, 0) is 19.1 Å². The number of thiocarbonyl (C=S) groups is 1. The van der Waals surface area contributed by atoms with Gasteiger partial charge in [0.2, 0.25) is 5.91 Å². The van der Waals surface area contributed by atoms with E-state index in [-0.39, 0.29) is 42.3 Å². The molecule has 2 aromatic rings. The van der Waals surface area contributed by atoms with Gasteiger partial charge in [0.25, 0.3) is 11.5 Å². The molecule has 0 bridgehead atoms. The van der Waals surface area contributed by atoms with Gasteiger partial charge in [-0.3, -0.25) is 28.5 Å². The van der Waals surface area contributed by atoms with Crippen LogP contribution < -0.4 is 15.8 Å². The lowest BCUT2D eigenvalue weighted by Gasteiger charge is -2.36. The molecule has 4 heterocycles. The van der Waals surface area contributed by atoms with Gasteiger partial charge < -0.3 is 15.0 Å². The number of pyridine rings is 1. The Morgan fingerprint density at radius 2 is 2.11 bits per heavy atom. The molecule has 4 rings (SSSR count). The van der Waals surface area contributed by atoms with Gasteiger partial charge in [0.1, 0.15) is 21.8 Å². The molecule has 0 unspecified atom stereocenters. The third kappa shape index (κ3) is 4.87. The fourth-order valence-electron chi connectivity index (χ4n) is 4.16. The largest absolute Gasteiger partial charge is 0.466 e. The third-order valence-corrected chi connectivity index (χ3v) is 7.48. The first-order valence-electron chi connectivity index (χ1n) is 11.7. The zero-order valence-electron chi connectivity index (χ0n) is 20.2. The molecule has 0 radical (unpaired) electrons. The second kappa shape index (κ2) is 10.8. The summed E-state index contributed by atoms with van der Waals surface area (Å²) in [6.07, 6.45) is 3.61. The molecule has 2 aliphatic heterocycles. The Kier molecular flexibility index (Phi) is 7.74. The molecule has 2 fully saturated rings. The Balaban J connectivity index is 1.86. The van der Waals surface area contributed by atoms with Crippen LogP contribution in [0, 0.1) is 0 Å². The van der Waals surface area contributed by atoms with Gasteiger partial charge in [-0.1, -0.05) is 37.0 Å². The molecule has 36 heavy (non-hydrogen) atoms. The first-order chi connectivity index (χ1) is 17.3. The molecule has 190 valence electrons. The summed E-state index contributed by atoms with van der Waals surface area (Å²) in [6.45, 7) is 6.39. The molecule has 12 heteroatoms. The topological polar surface area (TPSA) is 113 Å². The number of thioether (sulfide) groups is 1. The molecular weight excluding hydrogens is 502 g/mol. The normalized spacial score (nSPS) is 20.2. The number of aromatic nitrogens is 2. The Hall–Kier alpha value is -3.25. The van der Waals surface area contributed by atoms with Gasteiger partial charge in [-0.25, -0.2) is 4.98 Å². The molecule has 0 spiro atoms. The average molecular weight is 530 g/mol. The van der Waals surface area contributed by atoms with Gasteiger partial charge in [-0.15, -0.1) is 0 Å². The second-order valence-corrected chi connectivity index (χ2v) is 10.1. The summed E-state index contributed by atoms with van der Waals surface area (Å²) in [5.41, 5.74) is 0.125. The monoisotopic (exact) mass is 529 g/mol. The number of amides is 2. The summed E-state index contributed by atoms with van der Waals surface area (Å²) in [5.74, 6) is -0.942. The first-order valence-corrected chi connectivity index (χ1v) is 13.0. The maximum absolute atomic E-state index is 13.6. The van der Waals surface area contributed by atoms with E-state index in [1.807, 2.05) is 13.8 Å². The lowest BCUT2D eigenvalue weighted by atomic mass is 10.1. The van der Waals surface area contributed by atoms with E-state index in [2.05, 4.69) is 5.32 Å². The van der Waals surface area contributed by atoms with E-state index in [1.165, 1.54) is 10.5 Å². The second-order valence-electron chi connectivity index (χ2n) is 8.40. The van der Waals surface area contributed by atoms with Crippen molar-refractivity contribution in [3.8, 4) is 0 Å². The summed E-state index contributed by atoms with van der Waals surface area (Å²) < 4.78 is 6.88. The molecular formula is C24H27N5O5S2. The van der Waals surface area contributed by atoms with Gasteiger partial charge in [0.05, 0.1) is 23.5 Å². The molecule has 2 amide bonds. The van der Waals surface area contributed by atoms with E-state index in [1.54, 1.807) is 41.1 Å². The van der Waals surface area contributed by atoms with Crippen LogP contribution in [0.3, 0.4) is 0 Å². The van der Waals surface area contributed by atoms with Crippen molar-refractivity contribution in [3.05, 3.63) is 45.2 Å². The number of hydrogen-bond donors (Lipinski definition) is 1. The number of hydrogen-bond acceptors (Lipinski definition) is 9. The van der Waals surface area contributed by atoms with Crippen molar-refractivity contribution in [1.82, 2.24) is 19.6 Å². The summed E-state index contributed by atoms with van der Waals surface area (Å²) in [5, 5.41) is 2.76. The number of nitrogens with one attached hydrogen (secondary N) is 1. The number of ether oxygens (including phenoxy) is 1. The quantitative estimate of drug-likeness (QED) is 0.327. The maximum atomic E-state index is 13.6. The minimum Gasteiger partial charge on any atom is -0.466 e. The fraction of sp³-hybridized carbons (Fsp3) is 0.417. The molecule has 2 aliphatic rings. The molecule has 0 saturated carbocycles. The summed E-state index contributed by atoms with van der Waals surface area (Å²) in [7, 11) is 0. The number of carbonyl (C=O) groups is 3. The van der Waals surface area contributed by atoms with E-state index < -0.39 is 17.6 Å². The molecule has 10 nitrogen and oxygen atoms in total. The van der Waals surface area contributed by atoms with E-state index in [0.717, 1.165) is 18.2 Å². The van der Waals surface area contributed by atoms with Gasteiger partial charge >= 0.3 is 5.97 Å². The predicted octanol–water partition coefficient (Wildman–Crippen LogP) is 1.95. The van der Waals surface area contributed by atoms with E-state index in [9.17, 15) is 19.2 Å². The first kappa shape index (κ1) is 25.8. The number of fused-ring (bicyclic) bond motifs is 1. The van der Waals surface area contributed by atoms with Crippen LogP contribution in [0.4, 0.5) is 5.82 Å². The van der Waals surface area contributed by atoms with Crippen molar-refractivity contribution in [2.45, 2.75) is 45.7 Å². The van der Waals surface area contributed by atoms with Crippen molar-refractivity contribution in [1.29, 1.82) is 0 Å². The third-order valence-electron chi connectivity index (χ3n) is 6.15. The molecule has 2 saturated heterocycles. The van der Waals surface area contributed by atoms with Crippen molar-refractivity contribution in [2.24, 2.45) is 0 Å². The van der Waals surface area contributed by atoms with Gasteiger partial charge in [0, 0.05) is 25.3 Å². The summed E-state index contributed by atoms with van der Waals surface area (Å²) in [4.78, 5) is 60.1. The fourth-order valence-corrected chi connectivity index (χ4v) is 5.60. The smallest absolute Gasteiger partial charge is 0.308 e. The lowest BCUT2D eigenvalue weighted by molar-refractivity contribution is -0.145. The van der Waals surface area contributed by atoms with Crippen LogP contribution in [0.5, 0.6) is 0 Å². The van der Waals surface area contributed by atoms with Crippen LogP contribution in [0.25, 0.3) is 11.7 Å². The van der Waals surface area contributed by atoms with Gasteiger partial charge in [0.15, 0.2) is 0 Å². The Bertz CT molecular complexity index is 1320. The highest BCUT2D eigenvalue weighted by Gasteiger charge is 2.37. The number of nitrogens with zero attached hydrogens (tertiary/aromatic N) is 4. The predicted molar refractivity (Wildman–Crippen MR) is 142 cm³/mol. The van der Waals surface area contributed by atoms with Crippen LogP contribution in [0.1, 0.15) is 39.2 Å². The van der Waals surface area contributed by atoms with Crippen molar-refractivity contribution >= 4 is 63.6 Å². The van der Waals surface area contributed by atoms with Gasteiger partial charge in [-0.05, 0) is 38.5 Å². The Morgan fingerprint density at radius 1 is 1.33 bits per heavy atom. The van der Waals surface area contributed by atoms with Crippen molar-refractivity contribution < 1.29 is 19.1 Å². The van der Waals surface area contributed by atoms with Crippen LogP contribution >= 0.6 is 24.0 Å². The molecule has 0 aliphatic carbocycles. The average Bonchev–Trinajstić information content (AvgIpc) is 3.14. The molecule has 2 aromatic heterocycles. The zero-order valence-corrected chi connectivity index (χ0v) is 21.9. The van der Waals surface area contributed by atoms with Crippen molar-refractivity contribution in [3.63, 3.8) is 0 Å². The minimum absolute atomic E-state index is 0.0848. The summed E-state index contributed by atoms with van der Waals surface area (Å²) in [6, 6.07) is 4.14. The standard InChI is InChI=1S/C24H27N5O5S2/c1-4-14(3)29-23(33)17(36-24(29)35)12-15-20(26-18-8-6-7-10-28(18)22(15)32)27-11-9-25-21(31)16(27)13-19(30)34-5-2/h6-8,10,12,14,16H,4-5,9,11,13H2,1-3H3,(H,25,31)/b17-12+/t14-,16-/m0/s1. The van der Waals surface area contributed by atoms with E-state index in [0.29, 0.717) is 28.0 Å². The van der Waals surface area contributed by atoms with Crippen LogP contribution in [0.2, 0.25) is 0 Å². The molecule has 2 atom stereocenters. The minimum atomic E-state index is -0.919. The SMILES string of the molecule is CCOC(=O)C[C@H]1C(=O)NCCN1c1nc2ccccn2c(=O)c1/C=C1/SC(=S)N([C@@H](C)CC)C1=O. The number of esters is 1. The molecule has 1 N–H and O–H groups in total. The zero-order chi connectivity index (χ0) is 26.0. The lowest BCUT2D eigenvalue weighted by Crippen LogP contribution is -2.57. The number of rotatable bonds is 7. The number of piperazine rings is 1. The number of carbonyl (C=O) groups excluding carboxylic acids is 3.